The van der Waals surface area contributed by atoms with Gasteiger partial charge in [-0.05, 0) is 29.8 Å². The van der Waals surface area contributed by atoms with Crippen LogP contribution < -0.4 is 9.64 Å². The number of hydrogen-bond donors (Lipinski definition) is 0. The number of anilines is 1. The Labute approximate surface area is 187 Å². The van der Waals surface area contributed by atoms with E-state index in [0.29, 0.717) is 23.9 Å². The van der Waals surface area contributed by atoms with Gasteiger partial charge < -0.3 is 14.1 Å². The Bertz CT molecular complexity index is 1520. The van der Waals surface area contributed by atoms with E-state index in [1.807, 2.05) is 48.5 Å². The van der Waals surface area contributed by atoms with Gasteiger partial charge in [0, 0.05) is 41.2 Å². The van der Waals surface area contributed by atoms with Crippen LogP contribution >= 0.6 is 0 Å². The van der Waals surface area contributed by atoms with Gasteiger partial charge in [0.1, 0.15) is 5.58 Å². The van der Waals surface area contributed by atoms with Crippen molar-refractivity contribution in [1.29, 1.82) is 0 Å². The maximum absolute atomic E-state index is 13.1. The normalized spacial score (nSPS) is 16.5. The summed E-state index contributed by atoms with van der Waals surface area (Å²) in [5.74, 6) is -0.160. The molecule has 0 saturated carbocycles. The molecule has 1 saturated heterocycles. The first-order valence-electron chi connectivity index (χ1n) is 10.6. The molecule has 5 aromatic rings. The van der Waals surface area contributed by atoms with Gasteiger partial charge in [-0.1, -0.05) is 42.5 Å². The van der Waals surface area contributed by atoms with Crippen LogP contribution in [0.2, 0.25) is 0 Å². The SMILES string of the molecule is O=C1CC(c2ccc(OC(F)F)c3oc4ccccc4c23)CN1c1cccc2cccnc12. The second-order valence-corrected chi connectivity index (χ2v) is 8.09. The molecule has 0 N–H and O–H groups in total. The molecule has 1 aliphatic rings. The molecule has 164 valence electrons. The van der Waals surface area contributed by atoms with Crippen LogP contribution in [-0.2, 0) is 4.79 Å². The van der Waals surface area contributed by atoms with Crippen LogP contribution in [0.5, 0.6) is 5.75 Å². The quantitative estimate of drug-likeness (QED) is 0.329. The van der Waals surface area contributed by atoms with Crippen LogP contribution in [0.25, 0.3) is 32.8 Å². The summed E-state index contributed by atoms with van der Waals surface area (Å²) in [5.41, 5.74) is 3.27. The molecule has 1 unspecified atom stereocenters. The van der Waals surface area contributed by atoms with Crippen molar-refractivity contribution in [2.75, 3.05) is 11.4 Å². The minimum atomic E-state index is -2.96. The molecule has 1 atom stereocenters. The first-order valence-corrected chi connectivity index (χ1v) is 10.6. The summed E-state index contributed by atoms with van der Waals surface area (Å²) in [6.45, 7) is -2.51. The third-order valence-corrected chi connectivity index (χ3v) is 6.21. The lowest BCUT2D eigenvalue weighted by molar-refractivity contribution is -0.117. The molecule has 33 heavy (non-hydrogen) atoms. The van der Waals surface area contributed by atoms with E-state index in [1.165, 1.54) is 6.07 Å². The fourth-order valence-corrected chi connectivity index (χ4v) is 4.81. The largest absolute Gasteiger partial charge is 0.452 e. The molecule has 0 aliphatic carbocycles. The number of carbonyl (C=O) groups excluding carboxylic acids is 1. The average Bonchev–Trinajstić information content (AvgIpc) is 3.40. The zero-order chi connectivity index (χ0) is 22.5. The molecule has 1 amide bonds. The maximum Gasteiger partial charge on any atom is 0.387 e. The Morgan fingerprint density at radius 1 is 1.03 bits per heavy atom. The molecule has 0 spiro atoms. The molecule has 3 aromatic carbocycles. The number of furan rings is 1. The molecule has 0 radical (unpaired) electrons. The van der Waals surface area contributed by atoms with Gasteiger partial charge in [0.15, 0.2) is 11.3 Å². The van der Waals surface area contributed by atoms with Gasteiger partial charge in [0.2, 0.25) is 5.91 Å². The zero-order valence-corrected chi connectivity index (χ0v) is 17.4. The second-order valence-electron chi connectivity index (χ2n) is 8.09. The van der Waals surface area contributed by atoms with E-state index in [1.54, 1.807) is 23.2 Å². The number of pyridine rings is 1. The third-order valence-electron chi connectivity index (χ3n) is 6.21. The van der Waals surface area contributed by atoms with E-state index in [4.69, 9.17) is 9.15 Å². The zero-order valence-electron chi connectivity index (χ0n) is 17.4. The lowest BCUT2D eigenvalue weighted by Gasteiger charge is -2.19. The molecular weight excluding hydrogens is 426 g/mol. The van der Waals surface area contributed by atoms with Gasteiger partial charge in [-0.15, -0.1) is 0 Å². The Kier molecular flexibility index (Phi) is 4.50. The number of nitrogens with zero attached hydrogens (tertiary/aromatic N) is 2. The summed E-state index contributed by atoms with van der Waals surface area (Å²) in [6.07, 6.45) is 2.01. The van der Waals surface area contributed by atoms with E-state index in [0.717, 1.165) is 27.5 Å². The first kappa shape index (κ1) is 19.7. The van der Waals surface area contributed by atoms with Crippen molar-refractivity contribution in [1.82, 2.24) is 4.98 Å². The summed E-state index contributed by atoms with van der Waals surface area (Å²) >= 11 is 0. The minimum Gasteiger partial charge on any atom is -0.452 e. The number of halogens is 2. The Morgan fingerprint density at radius 3 is 2.76 bits per heavy atom. The van der Waals surface area contributed by atoms with Crippen molar-refractivity contribution in [3.8, 4) is 5.75 Å². The lowest BCUT2D eigenvalue weighted by atomic mass is 9.93. The molecule has 1 fully saturated rings. The molecule has 1 aliphatic heterocycles. The van der Waals surface area contributed by atoms with Crippen LogP contribution in [0.3, 0.4) is 0 Å². The molecular formula is C26H18F2N2O3. The van der Waals surface area contributed by atoms with Gasteiger partial charge in [-0.25, -0.2) is 0 Å². The summed E-state index contributed by atoms with van der Waals surface area (Å²) in [5, 5.41) is 2.47. The molecule has 7 heteroatoms. The number of carbonyl (C=O) groups is 1. The van der Waals surface area contributed by atoms with E-state index < -0.39 is 6.61 Å². The predicted octanol–water partition coefficient (Wildman–Crippen LogP) is 6.26. The first-order chi connectivity index (χ1) is 16.1. The highest BCUT2D eigenvalue weighted by atomic mass is 19.3. The predicted molar refractivity (Wildman–Crippen MR) is 122 cm³/mol. The topological polar surface area (TPSA) is 55.6 Å². The van der Waals surface area contributed by atoms with Gasteiger partial charge in [-0.2, -0.15) is 8.78 Å². The monoisotopic (exact) mass is 444 g/mol. The van der Waals surface area contributed by atoms with Crippen molar-refractivity contribution >= 4 is 44.4 Å². The van der Waals surface area contributed by atoms with Crippen LogP contribution in [0.1, 0.15) is 17.9 Å². The number of rotatable bonds is 4. The van der Waals surface area contributed by atoms with Gasteiger partial charge in [0.25, 0.3) is 0 Å². The summed E-state index contributed by atoms with van der Waals surface area (Å²) in [7, 11) is 0. The van der Waals surface area contributed by atoms with Gasteiger partial charge in [0.05, 0.1) is 11.2 Å². The number of fused-ring (bicyclic) bond motifs is 4. The third kappa shape index (κ3) is 3.19. The van der Waals surface area contributed by atoms with Crippen molar-refractivity contribution < 1.29 is 22.7 Å². The van der Waals surface area contributed by atoms with Crippen LogP contribution in [0.4, 0.5) is 14.5 Å². The molecule has 5 nitrogen and oxygen atoms in total. The molecule has 0 bridgehead atoms. The van der Waals surface area contributed by atoms with Crippen molar-refractivity contribution in [3.05, 3.63) is 78.5 Å². The summed E-state index contributed by atoms with van der Waals surface area (Å²) < 4.78 is 36.6. The van der Waals surface area contributed by atoms with Crippen molar-refractivity contribution in [2.24, 2.45) is 0 Å². The van der Waals surface area contributed by atoms with Crippen LogP contribution in [-0.4, -0.2) is 24.0 Å². The summed E-state index contributed by atoms with van der Waals surface area (Å²) in [4.78, 5) is 19.3. The Hall–Kier alpha value is -4.00. The second kappa shape index (κ2) is 7.55. The Balaban J connectivity index is 1.47. The number of hydrogen-bond acceptors (Lipinski definition) is 4. The maximum atomic E-state index is 13.1. The standard InChI is InChI=1S/C26H18F2N2O3/c27-26(28)33-21-11-10-17(23-18-7-1-2-9-20(18)32-25(21)23)16-13-22(31)30(14-16)19-8-3-5-15-6-4-12-29-24(15)19/h1-12,16,26H,13-14H2. The highest BCUT2D eigenvalue weighted by molar-refractivity contribution is 6.10. The number of amides is 1. The number of ether oxygens (including phenoxy) is 1. The van der Waals surface area contributed by atoms with E-state index in [9.17, 15) is 13.6 Å². The van der Waals surface area contributed by atoms with E-state index in [2.05, 4.69) is 4.98 Å². The van der Waals surface area contributed by atoms with Crippen LogP contribution in [0.15, 0.2) is 77.3 Å². The fraction of sp³-hybridized carbons (Fsp3) is 0.154. The lowest BCUT2D eigenvalue weighted by Crippen LogP contribution is -2.24. The smallest absolute Gasteiger partial charge is 0.387 e. The van der Waals surface area contributed by atoms with Gasteiger partial charge >= 0.3 is 6.61 Å². The van der Waals surface area contributed by atoms with E-state index in [-0.39, 0.29) is 23.2 Å². The highest BCUT2D eigenvalue weighted by Gasteiger charge is 2.34. The Morgan fingerprint density at radius 2 is 1.88 bits per heavy atom. The van der Waals surface area contributed by atoms with Gasteiger partial charge in [-0.3, -0.25) is 9.78 Å². The van der Waals surface area contributed by atoms with Crippen LogP contribution in [0, 0.1) is 0 Å². The highest BCUT2D eigenvalue weighted by Crippen LogP contribution is 2.43. The molecule has 2 aromatic heterocycles. The minimum absolute atomic E-state index is 0.00740. The fourth-order valence-electron chi connectivity index (χ4n) is 4.81. The van der Waals surface area contributed by atoms with Crippen molar-refractivity contribution in [3.63, 3.8) is 0 Å². The average molecular weight is 444 g/mol. The van der Waals surface area contributed by atoms with Crippen molar-refractivity contribution in [2.45, 2.75) is 19.0 Å². The number of benzene rings is 3. The molecule has 3 heterocycles. The number of aromatic nitrogens is 1. The number of alkyl halides is 2. The number of para-hydroxylation sites is 2. The molecule has 6 rings (SSSR count). The summed E-state index contributed by atoms with van der Waals surface area (Å²) in [6, 6.07) is 20.3. The van der Waals surface area contributed by atoms with E-state index >= 15 is 0 Å².